The molecule has 35 heavy (non-hydrogen) atoms. The van der Waals surface area contributed by atoms with Crippen molar-refractivity contribution in [2.45, 2.75) is 25.3 Å². The van der Waals surface area contributed by atoms with E-state index in [1.165, 1.54) is 19.2 Å². The number of carbonyl (C=O) groups is 2. The van der Waals surface area contributed by atoms with Gasteiger partial charge in [-0.2, -0.15) is 0 Å². The summed E-state index contributed by atoms with van der Waals surface area (Å²) in [6.07, 6.45) is 0. The lowest BCUT2D eigenvalue weighted by Gasteiger charge is -2.10. The molecule has 0 spiro atoms. The Kier molecular flexibility index (Phi) is 6.62. The SMILES string of the molecule is COCc1c(C(=O)OCC(=O)c2cc(C)n(-c3ccc(S(N)(=O)=O)cc3)c2C)oc2ccccc12. The van der Waals surface area contributed by atoms with Gasteiger partial charge in [0.1, 0.15) is 5.58 Å². The molecule has 2 aromatic heterocycles. The van der Waals surface area contributed by atoms with Gasteiger partial charge in [-0.15, -0.1) is 0 Å². The van der Waals surface area contributed by atoms with E-state index in [1.807, 2.05) is 19.1 Å². The number of aryl methyl sites for hydroxylation is 1. The van der Waals surface area contributed by atoms with Gasteiger partial charge in [-0.3, -0.25) is 4.79 Å². The molecule has 4 rings (SSSR count). The Morgan fingerprint density at radius 1 is 1.06 bits per heavy atom. The summed E-state index contributed by atoms with van der Waals surface area (Å²) in [5, 5.41) is 5.90. The predicted molar refractivity (Wildman–Crippen MR) is 128 cm³/mol. The molecule has 0 fully saturated rings. The minimum absolute atomic E-state index is 0.00117. The molecule has 10 heteroatoms. The van der Waals surface area contributed by atoms with Gasteiger partial charge in [0.25, 0.3) is 0 Å². The molecular weight excluding hydrogens is 472 g/mol. The summed E-state index contributed by atoms with van der Waals surface area (Å²) in [5.41, 5.74) is 3.50. The molecule has 0 bridgehead atoms. The van der Waals surface area contributed by atoms with Crippen molar-refractivity contribution < 1.29 is 31.9 Å². The second-order valence-corrected chi connectivity index (χ2v) is 9.56. The number of benzene rings is 2. The second kappa shape index (κ2) is 9.49. The number of Topliss-reactive ketones (excluding diaryl/α,β-unsaturated/α-hetero) is 1. The summed E-state index contributed by atoms with van der Waals surface area (Å²) in [7, 11) is -2.30. The fraction of sp³-hybridized carbons (Fsp3) is 0.200. The summed E-state index contributed by atoms with van der Waals surface area (Å²) in [6, 6.07) is 14.9. The fourth-order valence-electron chi connectivity index (χ4n) is 4.05. The maximum atomic E-state index is 12.9. The third kappa shape index (κ3) is 4.76. The summed E-state index contributed by atoms with van der Waals surface area (Å²) >= 11 is 0. The molecule has 0 atom stereocenters. The van der Waals surface area contributed by atoms with Crippen LogP contribution in [0.5, 0.6) is 0 Å². The van der Waals surface area contributed by atoms with Crippen LogP contribution in [0, 0.1) is 13.8 Å². The van der Waals surface area contributed by atoms with Crippen LogP contribution in [0.3, 0.4) is 0 Å². The molecule has 2 aromatic carbocycles. The van der Waals surface area contributed by atoms with Crippen LogP contribution in [-0.2, 0) is 26.1 Å². The van der Waals surface area contributed by atoms with Crippen LogP contribution in [0.15, 0.2) is 63.9 Å². The number of sulfonamides is 1. The lowest BCUT2D eigenvalue weighted by molar-refractivity contribution is 0.0441. The summed E-state index contributed by atoms with van der Waals surface area (Å²) in [5.74, 6) is -1.14. The summed E-state index contributed by atoms with van der Waals surface area (Å²) in [4.78, 5) is 25.7. The van der Waals surface area contributed by atoms with Crippen molar-refractivity contribution >= 4 is 32.7 Å². The maximum absolute atomic E-state index is 12.9. The van der Waals surface area contributed by atoms with E-state index in [-0.39, 0.29) is 23.0 Å². The largest absolute Gasteiger partial charge is 0.451 e. The van der Waals surface area contributed by atoms with Crippen molar-refractivity contribution in [3.8, 4) is 5.69 Å². The fourth-order valence-corrected chi connectivity index (χ4v) is 4.57. The third-order valence-corrected chi connectivity index (χ3v) is 6.59. The Bertz CT molecular complexity index is 1530. The summed E-state index contributed by atoms with van der Waals surface area (Å²) < 4.78 is 41.0. The van der Waals surface area contributed by atoms with Crippen molar-refractivity contribution in [3.63, 3.8) is 0 Å². The zero-order valence-electron chi connectivity index (χ0n) is 19.4. The number of hydrogen-bond donors (Lipinski definition) is 1. The first-order valence-electron chi connectivity index (χ1n) is 10.6. The van der Waals surface area contributed by atoms with Crippen molar-refractivity contribution in [1.82, 2.24) is 4.57 Å². The van der Waals surface area contributed by atoms with Crippen molar-refractivity contribution in [3.05, 3.63) is 82.9 Å². The molecule has 0 amide bonds. The standard InChI is InChI=1S/C25H24N2O7S/c1-15-12-20(16(2)27(15)17-8-10-18(11-9-17)35(26,30)31)22(28)14-33-25(29)24-21(13-32-3)19-6-4-5-7-23(19)34-24/h4-12H,13-14H2,1-3H3,(H2,26,30,31). The topological polar surface area (TPSA) is 131 Å². The molecule has 9 nitrogen and oxygen atoms in total. The molecule has 0 aliphatic heterocycles. The highest BCUT2D eigenvalue weighted by Crippen LogP contribution is 2.27. The van der Waals surface area contributed by atoms with Crippen molar-refractivity contribution in [2.24, 2.45) is 5.14 Å². The first kappa shape index (κ1) is 24.4. The first-order chi connectivity index (χ1) is 16.6. The van der Waals surface area contributed by atoms with Crippen LogP contribution in [0.2, 0.25) is 0 Å². The molecule has 2 N–H and O–H groups in total. The van der Waals surface area contributed by atoms with Crippen molar-refractivity contribution in [2.75, 3.05) is 13.7 Å². The average molecular weight is 497 g/mol. The lowest BCUT2D eigenvalue weighted by Crippen LogP contribution is -2.15. The number of fused-ring (bicyclic) bond motifs is 1. The Balaban J connectivity index is 1.54. The van der Waals surface area contributed by atoms with E-state index in [2.05, 4.69) is 0 Å². The quantitative estimate of drug-likeness (QED) is 0.291. The number of methoxy groups -OCH3 is 1. The number of primary sulfonamides is 1. The number of ether oxygens (including phenoxy) is 2. The van der Waals surface area contributed by atoms with E-state index in [4.69, 9.17) is 19.0 Å². The van der Waals surface area contributed by atoms with Crippen LogP contribution in [-0.4, -0.2) is 38.5 Å². The Hall–Kier alpha value is -3.73. The molecule has 2 heterocycles. The lowest BCUT2D eigenvalue weighted by atomic mass is 10.1. The molecule has 4 aromatic rings. The molecule has 0 aliphatic carbocycles. The van der Waals surface area contributed by atoms with Gasteiger partial charge in [0, 0.05) is 40.7 Å². The number of furan rings is 1. The van der Waals surface area contributed by atoms with Crippen LogP contribution >= 0.6 is 0 Å². The number of nitrogens with two attached hydrogens (primary N) is 1. The molecule has 0 radical (unpaired) electrons. The number of ketones is 1. The number of hydrogen-bond acceptors (Lipinski definition) is 7. The Labute approximate surface area is 202 Å². The highest BCUT2D eigenvalue weighted by atomic mass is 32.2. The van der Waals surface area contributed by atoms with Gasteiger partial charge < -0.3 is 18.5 Å². The van der Waals surface area contributed by atoms with Gasteiger partial charge in [0.15, 0.2) is 6.61 Å². The van der Waals surface area contributed by atoms with E-state index in [0.717, 1.165) is 11.1 Å². The summed E-state index contributed by atoms with van der Waals surface area (Å²) in [6.45, 7) is 3.25. The Morgan fingerprint density at radius 2 is 1.74 bits per heavy atom. The van der Waals surface area contributed by atoms with Gasteiger partial charge in [-0.25, -0.2) is 18.4 Å². The monoisotopic (exact) mass is 496 g/mol. The van der Waals surface area contributed by atoms with E-state index < -0.39 is 22.6 Å². The minimum atomic E-state index is -3.81. The molecule has 0 saturated heterocycles. The normalized spacial score (nSPS) is 11.7. The number of carbonyl (C=O) groups excluding carboxylic acids is 2. The minimum Gasteiger partial charge on any atom is -0.451 e. The molecular formula is C25H24N2O7S. The predicted octanol–water partition coefficient (Wildman–Crippen LogP) is 3.67. The second-order valence-electron chi connectivity index (χ2n) is 8.00. The first-order valence-corrected chi connectivity index (χ1v) is 12.2. The van der Waals surface area contributed by atoms with Gasteiger partial charge in [0.2, 0.25) is 21.6 Å². The number of esters is 1. The van der Waals surface area contributed by atoms with E-state index in [9.17, 15) is 18.0 Å². The average Bonchev–Trinajstić information content (AvgIpc) is 3.34. The Morgan fingerprint density at radius 3 is 2.40 bits per heavy atom. The van der Waals surface area contributed by atoms with Gasteiger partial charge in [-0.1, -0.05) is 18.2 Å². The van der Waals surface area contributed by atoms with Crippen LogP contribution in [0.25, 0.3) is 16.7 Å². The van der Waals surface area contributed by atoms with Crippen LogP contribution in [0.1, 0.15) is 37.9 Å². The van der Waals surface area contributed by atoms with E-state index in [1.54, 1.807) is 41.8 Å². The van der Waals surface area contributed by atoms with Gasteiger partial charge in [0.05, 0.1) is 11.5 Å². The smallest absolute Gasteiger partial charge is 0.375 e. The van der Waals surface area contributed by atoms with E-state index >= 15 is 0 Å². The van der Waals surface area contributed by atoms with Crippen molar-refractivity contribution in [1.29, 1.82) is 0 Å². The number of rotatable bonds is 8. The number of nitrogens with zero attached hydrogens (tertiary/aromatic N) is 1. The zero-order chi connectivity index (χ0) is 25.3. The van der Waals surface area contributed by atoms with Crippen LogP contribution < -0.4 is 5.14 Å². The molecule has 182 valence electrons. The third-order valence-electron chi connectivity index (χ3n) is 5.66. The van der Waals surface area contributed by atoms with Gasteiger partial charge in [-0.05, 0) is 50.2 Å². The maximum Gasteiger partial charge on any atom is 0.375 e. The highest BCUT2D eigenvalue weighted by Gasteiger charge is 2.24. The molecule has 0 unspecified atom stereocenters. The molecule has 0 saturated carbocycles. The van der Waals surface area contributed by atoms with Crippen LogP contribution in [0.4, 0.5) is 0 Å². The number of aromatic nitrogens is 1. The number of para-hydroxylation sites is 1. The highest BCUT2D eigenvalue weighted by molar-refractivity contribution is 7.89. The van der Waals surface area contributed by atoms with Gasteiger partial charge >= 0.3 is 5.97 Å². The zero-order valence-corrected chi connectivity index (χ0v) is 20.2. The molecule has 0 aliphatic rings. The van der Waals surface area contributed by atoms with E-state index in [0.29, 0.717) is 28.1 Å².